The summed E-state index contributed by atoms with van der Waals surface area (Å²) in [5.74, 6) is 1.70. The monoisotopic (exact) mass is 479 g/mol. The zero-order chi connectivity index (χ0) is 24.4. The van der Waals surface area contributed by atoms with Gasteiger partial charge in [0.2, 0.25) is 10.0 Å². The van der Waals surface area contributed by atoms with Crippen LogP contribution in [0.3, 0.4) is 0 Å². The SMILES string of the molecule is C#CCOc1ccc(/C=C2\C(=O)N(c3ccc(S(N)(=O)=O)cc3)N=C2C(F)(F)F)cc1OC. The zero-order valence-electron chi connectivity index (χ0n) is 17.0. The molecule has 8 nitrogen and oxygen atoms in total. The molecule has 0 saturated heterocycles. The van der Waals surface area contributed by atoms with Gasteiger partial charge in [0.1, 0.15) is 6.61 Å². The van der Waals surface area contributed by atoms with Crippen LogP contribution < -0.4 is 19.6 Å². The first-order valence-electron chi connectivity index (χ1n) is 9.05. The number of sulfonamides is 1. The van der Waals surface area contributed by atoms with Crippen LogP contribution >= 0.6 is 0 Å². The van der Waals surface area contributed by atoms with Crippen molar-refractivity contribution in [2.75, 3.05) is 18.7 Å². The Bertz CT molecular complexity index is 1290. The van der Waals surface area contributed by atoms with Crippen molar-refractivity contribution in [2.24, 2.45) is 10.2 Å². The summed E-state index contributed by atoms with van der Waals surface area (Å²) >= 11 is 0. The minimum atomic E-state index is -4.93. The lowest BCUT2D eigenvalue weighted by molar-refractivity contribution is -0.114. The minimum absolute atomic E-state index is 0.0423. The molecule has 0 saturated carbocycles. The second-order valence-corrected chi connectivity index (χ2v) is 8.12. The maximum absolute atomic E-state index is 13.6. The minimum Gasteiger partial charge on any atom is -0.493 e. The number of ether oxygens (including phenoxy) is 2. The predicted molar refractivity (Wildman–Crippen MR) is 114 cm³/mol. The number of anilines is 1. The Morgan fingerprint density at radius 1 is 1.18 bits per heavy atom. The van der Waals surface area contributed by atoms with Gasteiger partial charge >= 0.3 is 6.18 Å². The summed E-state index contributed by atoms with van der Waals surface area (Å²) in [6.07, 6.45) is 1.23. The summed E-state index contributed by atoms with van der Waals surface area (Å²) in [5, 5.41) is 8.97. The third-order valence-corrected chi connectivity index (χ3v) is 5.30. The van der Waals surface area contributed by atoms with Crippen molar-refractivity contribution < 1.29 is 35.9 Å². The van der Waals surface area contributed by atoms with E-state index in [0.29, 0.717) is 5.01 Å². The third kappa shape index (κ3) is 5.16. The lowest BCUT2D eigenvalue weighted by atomic mass is 10.1. The summed E-state index contributed by atoms with van der Waals surface area (Å²) in [5.41, 5.74) is -1.98. The molecule has 0 radical (unpaired) electrons. The molecule has 0 atom stereocenters. The molecule has 3 rings (SSSR count). The van der Waals surface area contributed by atoms with Crippen LogP contribution in [0.2, 0.25) is 0 Å². The number of methoxy groups -OCH3 is 1. The van der Waals surface area contributed by atoms with E-state index in [2.05, 4.69) is 11.0 Å². The number of nitrogens with zero attached hydrogens (tertiary/aromatic N) is 2. The van der Waals surface area contributed by atoms with E-state index in [1.54, 1.807) is 0 Å². The molecule has 172 valence electrons. The fourth-order valence-corrected chi connectivity index (χ4v) is 3.40. The average Bonchev–Trinajstić information content (AvgIpc) is 3.08. The van der Waals surface area contributed by atoms with Crippen LogP contribution in [0.25, 0.3) is 6.08 Å². The number of hydrazone groups is 1. The molecule has 0 fully saturated rings. The first-order valence-corrected chi connectivity index (χ1v) is 10.6. The number of carbonyl (C=O) groups is 1. The molecule has 33 heavy (non-hydrogen) atoms. The van der Waals surface area contributed by atoms with Crippen LogP contribution in [-0.4, -0.2) is 39.9 Å². The van der Waals surface area contributed by atoms with Crippen molar-refractivity contribution >= 4 is 33.4 Å². The Balaban J connectivity index is 2.02. The fraction of sp³-hybridized carbons (Fsp3) is 0.143. The quantitative estimate of drug-likeness (QED) is 0.506. The average molecular weight is 479 g/mol. The van der Waals surface area contributed by atoms with Crippen LogP contribution in [0.5, 0.6) is 11.5 Å². The number of terminal acetylenes is 1. The van der Waals surface area contributed by atoms with Gasteiger partial charge < -0.3 is 9.47 Å². The number of hydrogen-bond donors (Lipinski definition) is 1. The molecule has 2 aromatic rings. The number of nitrogens with two attached hydrogens (primary N) is 1. The molecule has 2 aromatic carbocycles. The van der Waals surface area contributed by atoms with Gasteiger partial charge in [-0.25, -0.2) is 13.6 Å². The Kier molecular flexibility index (Phi) is 6.48. The molecule has 0 spiro atoms. The van der Waals surface area contributed by atoms with Crippen molar-refractivity contribution in [1.82, 2.24) is 0 Å². The first kappa shape index (κ1) is 23.8. The number of rotatable bonds is 6. The number of halogens is 3. The van der Waals surface area contributed by atoms with Gasteiger partial charge in [0.05, 0.1) is 23.3 Å². The number of benzene rings is 2. The summed E-state index contributed by atoms with van der Waals surface area (Å²) in [6.45, 7) is -0.0423. The molecule has 1 amide bonds. The van der Waals surface area contributed by atoms with E-state index in [1.807, 2.05) is 0 Å². The number of hydrogen-bond acceptors (Lipinski definition) is 6. The van der Waals surface area contributed by atoms with E-state index in [1.165, 1.54) is 25.3 Å². The molecule has 2 N–H and O–H groups in total. The van der Waals surface area contributed by atoms with E-state index in [9.17, 15) is 26.4 Å². The molecule has 1 aliphatic heterocycles. The molecule has 0 bridgehead atoms. The predicted octanol–water partition coefficient (Wildman–Crippen LogP) is 2.70. The van der Waals surface area contributed by atoms with Crippen LogP contribution in [-0.2, 0) is 14.8 Å². The lowest BCUT2D eigenvalue weighted by Crippen LogP contribution is -2.25. The molecule has 1 heterocycles. The maximum Gasteiger partial charge on any atom is 0.435 e. The second-order valence-electron chi connectivity index (χ2n) is 6.56. The van der Waals surface area contributed by atoms with Crippen molar-refractivity contribution in [3.8, 4) is 23.8 Å². The van der Waals surface area contributed by atoms with Crippen LogP contribution in [0.4, 0.5) is 18.9 Å². The Hall–Kier alpha value is -3.82. The largest absolute Gasteiger partial charge is 0.493 e. The number of alkyl halides is 3. The topological polar surface area (TPSA) is 111 Å². The van der Waals surface area contributed by atoms with Gasteiger partial charge in [-0.3, -0.25) is 4.79 Å². The van der Waals surface area contributed by atoms with Crippen molar-refractivity contribution in [3.63, 3.8) is 0 Å². The molecular weight excluding hydrogens is 463 g/mol. The van der Waals surface area contributed by atoms with Gasteiger partial charge in [0, 0.05) is 0 Å². The van der Waals surface area contributed by atoms with E-state index in [4.69, 9.17) is 21.0 Å². The number of primary sulfonamides is 1. The van der Waals surface area contributed by atoms with E-state index in [0.717, 1.165) is 30.3 Å². The molecule has 12 heteroatoms. The van der Waals surface area contributed by atoms with Crippen molar-refractivity contribution in [3.05, 3.63) is 53.6 Å². The molecular formula is C21H16F3N3O5S. The highest BCUT2D eigenvalue weighted by Gasteiger charge is 2.46. The van der Waals surface area contributed by atoms with Gasteiger partial charge in [0.25, 0.3) is 5.91 Å². The lowest BCUT2D eigenvalue weighted by Gasteiger charge is -2.12. The fourth-order valence-electron chi connectivity index (χ4n) is 2.89. The van der Waals surface area contributed by atoms with E-state index >= 15 is 0 Å². The highest BCUT2D eigenvalue weighted by molar-refractivity contribution is 7.89. The first-order chi connectivity index (χ1) is 15.5. The summed E-state index contributed by atoms with van der Waals surface area (Å²) in [6, 6.07) is 8.61. The molecule has 0 aliphatic carbocycles. The summed E-state index contributed by atoms with van der Waals surface area (Å²) in [7, 11) is -2.68. The number of amides is 1. The van der Waals surface area contributed by atoms with Gasteiger partial charge in [-0.2, -0.15) is 23.3 Å². The van der Waals surface area contributed by atoms with E-state index < -0.39 is 33.4 Å². The third-order valence-electron chi connectivity index (χ3n) is 4.37. The standard InChI is InChI=1S/C21H16F3N3O5S/c1-3-10-32-17-9-4-13(12-18(17)31-2)11-16-19(21(22,23)24)26-27(20(16)28)14-5-7-15(8-6-14)33(25,29)30/h1,4-9,11-12H,10H2,2H3,(H2,25,29,30)/b16-11-. The van der Waals surface area contributed by atoms with Gasteiger partial charge in [-0.05, 0) is 48.0 Å². The maximum atomic E-state index is 13.6. The van der Waals surface area contributed by atoms with Crippen molar-refractivity contribution in [1.29, 1.82) is 0 Å². The van der Waals surface area contributed by atoms with Crippen molar-refractivity contribution in [2.45, 2.75) is 11.1 Å². The Labute approximate surface area is 187 Å². The van der Waals surface area contributed by atoms with Crippen LogP contribution in [0.15, 0.2) is 58.0 Å². The van der Waals surface area contributed by atoms with E-state index in [-0.39, 0.29) is 34.3 Å². The molecule has 0 aromatic heterocycles. The molecule has 0 unspecified atom stereocenters. The van der Waals surface area contributed by atoms with Gasteiger partial charge in [0.15, 0.2) is 17.2 Å². The zero-order valence-corrected chi connectivity index (χ0v) is 17.8. The van der Waals surface area contributed by atoms with Crippen LogP contribution in [0, 0.1) is 12.3 Å². The molecule has 1 aliphatic rings. The smallest absolute Gasteiger partial charge is 0.435 e. The Morgan fingerprint density at radius 2 is 1.85 bits per heavy atom. The van der Waals surface area contributed by atoms with Gasteiger partial charge in [-0.1, -0.05) is 12.0 Å². The summed E-state index contributed by atoms with van der Waals surface area (Å²) in [4.78, 5) is 12.6. The highest BCUT2D eigenvalue weighted by Crippen LogP contribution is 2.34. The Morgan fingerprint density at radius 3 is 2.39 bits per heavy atom. The highest BCUT2D eigenvalue weighted by atomic mass is 32.2. The second kappa shape index (κ2) is 8.97. The number of carbonyl (C=O) groups excluding carboxylic acids is 1. The van der Waals surface area contributed by atoms with Crippen LogP contribution in [0.1, 0.15) is 5.56 Å². The summed E-state index contributed by atoms with van der Waals surface area (Å²) < 4.78 is 74.1. The normalized spacial score (nSPS) is 15.4. The van der Waals surface area contributed by atoms with Gasteiger partial charge in [-0.15, -0.1) is 6.42 Å².